The molecule has 0 spiro atoms. The van der Waals surface area contributed by atoms with Gasteiger partial charge in [-0.15, -0.1) is 0 Å². The van der Waals surface area contributed by atoms with Crippen molar-refractivity contribution in [3.63, 3.8) is 0 Å². The number of carboxylic acids is 1. The Kier molecular flexibility index (Phi) is 3.61. The van der Waals surface area contributed by atoms with Crippen molar-refractivity contribution >= 4 is 17.7 Å². The van der Waals surface area contributed by atoms with Crippen molar-refractivity contribution in [2.24, 2.45) is 0 Å². The van der Waals surface area contributed by atoms with E-state index in [9.17, 15) is 9.59 Å². The van der Waals surface area contributed by atoms with Crippen molar-refractivity contribution in [2.45, 2.75) is 13.3 Å². The minimum Gasteiger partial charge on any atom is -0.478 e. The summed E-state index contributed by atoms with van der Waals surface area (Å²) in [6, 6.07) is 7.96. The Hall–Kier alpha value is -2.63. The van der Waals surface area contributed by atoms with Crippen LogP contribution in [0.5, 0.6) is 0 Å². The van der Waals surface area contributed by atoms with Gasteiger partial charge in [-0.05, 0) is 18.6 Å². The number of carbonyl (C=O) groups is 2. The number of carbonyl (C=O) groups excluding carboxylic acids is 1. The summed E-state index contributed by atoms with van der Waals surface area (Å²) < 4.78 is 4.82. The lowest BCUT2D eigenvalue weighted by Crippen LogP contribution is -2.16. The number of aromatic carboxylic acids is 1. The average Bonchev–Trinajstić information content (AvgIpc) is 2.75. The number of anilines is 1. The zero-order valence-electron chi connectivity index (χ0n) is 10.2. The van der Waals surface area contributed by atoms with Crippen LogP contribution in [0.3, 0.4) is 0 Å². The monoisotopic (exact) mass is 260 g/mol. The van der Waals surface area contributed by atoms with E-state index in [0.29, 0.717) is 17.1 Å². The molecule has 0 bridgehead atoms. The molecule has 19 heavy (non-hydrogen) atoms. The minimum atomic E-state index is -1.05. The summed E-state index contributed by atoms with van der Waals surface area (Å²) in [7, 11) is 0. The van der Waals surface area contributed by atoms with Crippen LogP contribution in [-0.2, 0) is 11.2 Å². The van der Waals surface area contributed by atoms with Gasteiger partial charge >= 0.3 is 5.97 Å². The van der Waals surface area contributed by atoms with Gasteiger partial charge in [-0.3, -0.25) is 4.79 Å². The van der Waals surface area contributed by atoms with Gasteiger partial charge in [0.15, 0.2) is 5.82 Å². The van der Waals surface area contributed by atoms with Gasteiger partial charge in [0.05, 0.1) is 12.0 Å². The lowest BCUT2D eigenvalue weighted by molar-refractivity contribution is -0.115. The summed E-state index contributed by atoms with van der Waals surface area (Å²) in [4.78, 5) is 22.8. The number of carboxylic acid groups (broad SMARTS) is 1. The summed E-state index contributed by atoms with van der Waals surface area (Å²) in [5, 5.41) is 15.2. The van der Waals surface area contributed by atoms with Gasteiger partial charge in [0.25, 0.3) is 0 Å². The molecule has 0 atom stereocenters. The summed E-state index contributed by atoms with van der Waals surface area (Å²) in [6.07, 6.45) is -0.0334. The first kappa shape index (κ1) is 12.8. The fourth-order valence-corrected chi connectivity index (χ4v) is 1.67. The van der Waals surface area contributed by atoms with Crippen molar-refractivity contribution in [3.05, 3.63) is 47.2 Å². The second-order valence-electron chi connectivity index (χ2n) is 4.01. The quantitative estimate of drug-likeness (QED) is 0.875. The van der Waals surface area contributed by atoms with Gasteiger partial charge in [-0.2, -0.15) is 0 Å². The first-order chi connectivity index (χ1) is 9.06. The second kappa shape index (κ2) is 5.34. The lowest BCUT2D eigenvalue weighted by Gasteiger charge is -2.05. The third-order valence-corrected chi connectivity index (χ3v) is 2.49. The molecule has 98 valence electrons. The highest BCUT2D eigenvalue weighted by atomic mass is 16.5. The highest BCUT2D eigenvalue weighted by molar-refractivity contribution is 5.95. The number of hydrogen-bond acceptors (Lipinski definition) is 4. The Morgan fingerprint density at radius 3 is 2.74 bits per heavy atom. The molecule has 1 aromatic heterocycles. The van der Waals surface area contributed by atoms with Crippen LogP contribution < -0.4 is 5.32 Å². The van der Waals surface area contributed by atoms with Crippen LogP contribution in [0.1, 0.15) is 21.7 Å². The SMILES string of the molecule is Cc1cc(NC(=O)Cc2ccccc2C(=O)O)no1. The Balaban J connectivity index is 2.09. The number of nitrogens with one attached hydrogen (secondary N) is 1. The smallest absolute Gasteiger partial charge is 0.335 e. The van der Waals surface area contributed by atoms with E-state index in [-0.39, 0.29) is 17.9 Å². The van der Waals surface area contributed by atoms with Gasteiger partial charge in [-0.25, -0.2) is 4.79 Å². The fourth-order valence-electron chi connectivity index (χ4n) is 1.67. The molecule has 2 rings (SSSR count). The Labute approximate surface area is 109 Å². The normalized spacial score (nSPS) is 10.2. The molecule has 1 aromatic carbocycles. The largest absolute Gasteiger partial charge is 0.478 e. The molecular formula is C13H12N2O4. The Bertz CT molecular complexity index is 619. The molecule has 0 saturated carbocycles. The second-order valence-corrected chi connectivity index (χ2v) is 4.01. The standard InChI is InChI=1S/C13H12N2O4/c1-8-6-11(15-19-8)14-12(16)7-9-4-2-3-5-10(9)13(17)18/h2-6H,7H2,1H3,(H,17,18)(H,14,15,16). The van der Waals surface area contributed by atoms with Gasteiger partial charge in [0.2, 0.25) is 5.91 Å². The maximum absolute atomic E-state index is 11.8. The maximum atomic E-state index is 11.8. The van der Waals surface area contributed by atoms with E-state index < -0.39 is 5.97 Å². The number of rotatable bonds is 4. The molecular weight excluding hydrogens is 248 g/mol. The van der Waals surface area contributed by atoms with E-state index >= 15 is 0 Å². The van der Waals surface area contributed by atoms with Crippen LogP contribution in [0.4, 0.5) is 5.82 Å². The van der Waals surface area contributed by atoms with E-state index in [0.717, 1.165) is 0 Å². The topological polar surface area (TPSA) is 92.4 Å². The van der Waals surface area contributed by atoms with Crippen LogP contribution in [0, 0.1) is 6.92 Å². The molecule has 1 heterocycles. The van der Waals surface area contributed by atoms with Crippen LogP contribution in [-0.4, -0.2) is 22.1 Å². The predicted molar refractivity (Wildman–Crippen MR) is 67.0 cm³/mol. The van der Waals surface area contributed by atoms with Crippen molar-refractivity contribution in [1.82, 2.24) is 5.16 Å². The highest BCUT2D eigenvalue weighted by Gasteiger charge is 2.13. The number of amides is 1. The first-order valence-electron chi connectivity index (χ1n) is 5.60. The summed E-state index contributed by atoms with van der Waals surface area (Å²) in [6.45, 7) is 1.71. The highest BCUT2D eigenvalue weighted by Crippen LogP contribution is 2.12. The van der Waals surface area contributed by atoms with Crippen molar-refractivity contribution in [1.29, 1.82) is 0 Å². The van der Waals surface area contributed by atoms with Crippen molar-refractivity contribution in [2.75, 3.05) is 5.32 Å². The van der Waals surface area contributed by atoms with Crippen molar-refractivity contribution < 1.29 is 19.2 Å². The zero-order chi connectivity index (χ0) is 13.8. The third-order valence-electron chi connectivity index (χ3n) is 2.49. The van der Waals surface area contributed by atoms with Gasteiger partial charge in [0, 0.05) is 6.07 Å². The molecule has 1 amide bonds. The molecule has 2 N–H and O–H groups in total. The van der Waals surface area contributed by atoms with E-state index in [1.54, 1.807) is 31.2 Å². The molecule has 0 aliphatic carbocycles. The van der Waals surface area contributed by atoms with Gasteiger partial charge in [-0.1, -0.05) is 23.4 Å². The van der Waals surface area contributed by atoms with Crippen molar-refractivity contribution in [3.8, 4) is 0 Å². The van der Waals surface area contributed by atoms with Crippen LogP contribution in [0.25, 0.3) is 0 Å². The molecule has 6 heteroatoms. The average molecular weight is 260 g/mol. The molecule has 0 aliphatic heterocycles. The van der Waals surface area contributed by atoms with Crippen LogP contribution >= 0.6 is 0 Å². The number of aryl methyl sites for hydroxylation is 1. The maximum Gasteiger partial charge on any atom is 0.335 e. The molecule has 0 radical (unpaired) electrons. The van der Waals surface area contributed by atoms with E-state index in [2.05, 4.69) is 10.5 Å². The Morgan fingerprint density at radius 2 is 2.11 bits per heavy atom. The minimum absolute atomic E-state index is 0.0334. The molecule has 0 unspecified atom stereocenters. The summed E-state index contributed by atoms with van der Waals surface area (Å²) in [5.41, 5.74) is 0.571. The molecule has 0 saturated heterocycles. The number of benzene rings is 1. The fraction of sp³-hybridized carbons (Fsp3) is 0.154. The molecule has 2 aromatic rings. The number of aromatic nitrogens is 1. The summed E-state index contributed by atoms with van der Waals surface area (Å²) in [5.74, 6) is -0.501. The molecule has 6 nitrogen and oxygen atoms in total. The van der Waals surface area contributed by atoms with E-state index in [1.807, 2.05) is 0 Å². The molecule has 0 aliphatic rings. The Morgan fingerprint density at radius 1 is 1.37 bits per heavy atom. The van der Waals surface area contributed by atoms with Gasteiger partial charge < -0.3 is 14.9 Å². The van der Waals surface area contributed by atoms with E-state index in [1.165, 1.54) is 6.07 Å². The molecule has 0 fully saturated rings. The van der Waals surface area contributed by atoms with Crippen LogP contribution in [0.15, 0.2) is 34.9 Å². The van der Waals surface area contributed by atoms with E-state index in [4.69, 9.17) is 9.63 Å². The summed E-state index contributed by atoms with van der Waals surface area (Å²) >= 11 is 0. The van der Waals surface area contributed by atoms with Crippen LogP contribution in [0.2, 0.25) is 0 Å². The predicted octanol–water partition coefficient (Wildman–Crippen LogP) is 1.86. The van der Waals surface area contributed by atoms with Gasteiger partial charge in [0.1, 0.15) is 5.76 Å². The number of hydrogen-bond donors (Lipinski definition) is 2. The zero-order valence-corrected chi connectivity index (χ0v) is 10.2. The lowest BCUT2D eigenvalue weighted by atomic mass is 10.0. The first-order valence-corrected chi connectivity index (χ1v) is 5.60. The number of nitrogens with zero attached hydrogens (tertiary/aromatic N) is 1. The third kappa shape index (κ3) is 3.19.